The first-order chi connectivity index (χ1) is 11.7. The van der Waals surface area contributed by atoms with Gasteiger partial charge in [-0.05, 0) is 56.3 Å². The van der Waals surface area contributed by atoms with Crippen molar-refractivity contribution >= 4 is 17.0 Å². The third kappa shape index (κ3) is 4.68. The molecule has 0 saturated carbocycles. The topological polar surface area (TPSA) is 28.2 Å². The Labute approximate surface area is 149 Å². The van der Waals surface area contributed by atoms with Crippen LogP contribution >= 0.6 is 11.3 Å². The SMILES string of the molecule is CN(C)c1ccc(-c2cnc(CNCCC3=CCCCC3)s2)cc1. The molecule has 0 unspecified atom stereocenters. The van der Waals surface area contributed by atoms with Crippen LogP contribution in [0.3, 0.4) is 0 Å². The van der Waals surface area contributed by atoms with Crippen LogP contribution in [-0.4, -0.2) is 25.6 Å². The van der Waals surface area contributed by atoms with Crippen LogP contribution in [0, 0.1) is 0 Å². The van der Waals surface area contributed by atoms with Gasteiger partial charge < -0.3 is 10.2 Å². The van der Waals surface area contributed by atoms with E-state index in [0.717, 1.165) is 13.1 Å². The smallest absolute Gasteiger partial charge is 0.107 e. The Morgan fingerprint density at radius 1 is 1.17 bits per heavy atom. The largest absolute Gasteiger partial charge is 0.378 e. The normalized spacial score (nSPS) is 14.5. The summed E-state index contributed by atoms with van der Waals surface area (Å²) in [6.45, 7) is 1.92. The van der Waals surface area contributed by atoms with E-state index >= 15 is 0 Å². The Kier molecular flexibility index (Phi) is 6.05. The molecule has 0 radical (unpaired) electrons. The van der Waals surface area contributed by atoms with E-state index in [4.69, 9.17) is 0 Å². The number of hydrogen-bond acceptors (Lipinski definition) is 4. The summed E-state index contributed by atoms with van der Waals surface area (Å²) in [5, 5.41) is 4.70. The molecule has 24 heavy (non-hydrogen) atoms. The minimum atomic E-state index is 0.869. The molecule has 0 bridgehead atoms. The number of nitrogens with zero attached hydrogens (tertiary/aromatic N) is 2. The first-order valence-electron chi connectivity index (χ1n) is 8.83. The molecule has 1 N–H and O–H groups in total. The van der Waals surface area contributed by atoms with Crippen LogP contribution in [-0.2, 0) is 6.54 Å². The molecule has 128 valence electrons. The number of benzene rings is 1. The molecular formula is C20H27N3S. The van der Waals surface area contributed by atoms with Crippen molar-refractivity contribution < 1.29 is 0 Å². The second kappa shape index (κ2) is 8.45. The first-order valence-corrected chi connectivity index (χ1v) is 9.65. The molecule has 0 atom stereocenters. The van der Waals surface area contributed by atoms with Crippen molar-refractivity contribution in [2.45, 2.75) is 38.6 Å². The van der Waals surface area contributed by atoms with Crippen LogP contribution in [0.25, 0.3) is 10.4 Å². The number of aromatic nitrogens is 1. The van der Waals surface area contributed by atoms with E-state index in [-0.39, 0.29) is 0 Å². The minimum Gasteiger partial charge on any atom is -0.378 e. The fourth-order valence-electron chi connectivity index (χ4n) is 3.03. The van der Waals surface area contributed by atoms with Crippen LogP contribution < -0.4 is 10.2 Å². The van der Waals surface area contributed by atoms with Crippen LogP contribution in [0.2, 0.25) is 0 Å². The second-order valence-electron chi connectivity index (χ2n) is 6.59. The number of anilines is 1. The van der Waals surface area contributed by atoms with E-state index in [1.165, 1.54) is 53.2 Å². The molecule has 0 saturated heterocycles. The maximum Gasteiger partial charge on any atom is 0.107 e. The summed E-state index contributed by atoms with van der Waals surface area (Å²) in [5.74, 6) is 0. The maximum absolute atomic E-state index is 4.57. The van der Waals surface area contributed by atoms with Gasteiger partial charge in [-0.1, -0.05) is 23.8 Å². The molecule has 0 fully saturated rings. The summed E-state index contributed by atoms with van der Waals surface area (Å²) < 4.78 is 0. The van der Waals surface area contributed by atoms with Crippen molar-refractivity contribution in [3.63, 3.8) is 0 Å². The van der Waals surface area contributed by atoms with Gasteiger partial charge in [-0.15, -0.1) is 11.3 Å². The molecular weight excluding hydrogens is 314 g/mol. The zero-order valence-corrected chi connectivity index (χ0v) is 15.5. The highest BCUT2D eigenvalue weighted by Gasteiger charge is 2.06. The number of hydrogen-bond donors (Lipinski definition) is 1. The lowest BCUT2D eigenvalue weighted by atomic mass is 9.97. The van der Waals surface area contributed by atoms with E-state index < -0.39 is 0 Å². The maximum atomic E-state index is 4.57. The van der Waals surface area contributed by atoms with Crippen molar-refractivity contribution in [3.05, 3.63) is 47.1 Å². The number of thiazole rings is 1. The highest BCUT2D eigenvalue weighted by atomic mass is 32.1. The summed E-state index contributed by atoms with van der Waals surface area (Å²) in [6, 6.07) is 8.67. The van der Waals surface area contributed by atoms with Gasteiger partial charge >= 0.3 is 0 Å². The van der Waals surface area contributed by atoms with Crippen molar-refractivity contribution in [3.8, 4) is 10.4 Å². The van der Waals surface area contributed by atoms with E-state index in [9.17, 15) is 0 Å². The van der Waals surface area contributed by atoms with E-state index in [1.807, 2.05) is 6.20 Å². The molecule has 3 rings (SSSR count). The molecule has 0 amide bonds. The summed E-state index contributed by atoms with van der Waals surface area (Å²) in [6.07, 6.45) is 10.9. The average molecular weight is 342 g/mol. The van der Waals surface area contributed by atoms with Gasteiger partial charge in [0, 0.05) is 32.5 Å². The van der Waals surface area contributed by atoms with Crippen molar-refractivity contribution in [1.82, 2.24) is 10.3 Å². The third-order valence-corrected chi connectivity index (χ3v) is 5.55. The molecule has 1 aliphatic carbocycles. The van der Waals surface area contributed by atoms with Crippen molar-refractivity contribution in [2.75, 3.05) is 25.5 Å². The van der Waals surface area contributed by atoms with Gasteiger partial charge in [-0.3, -0.25) is 0 Å². The minimum absolute atomic E-state index is 0.869. The summed E-state index contributed by atoms with van der Waals surface area (Å²) in [4.78, 5) is 7.93. The summed E-state index contributed by atoms with van der Waals surface area (Å²) in [7, 11) is 4.13. The van der Waals surface area contributed by atoms with Gasteiger partial charge in [0.05, 0.1) is 4.88 Å². The van der Waals surface area contributed by atoms with Gasteiger partial charge in [-0.2, -0.15) is 0 Å². The van der Waals surface area contributed by atoms with E-state index in [0.29, 0.717) is 0 Å². The molecule has 3 nitrogen and oxygen atoms in total. The Balaban J connectivity index is 1.49. The van der Waals surface area contributed by atoms with Gasteiger partial charge in [0.2, 0.25) is 0 Å². The van der Waals surface area contributed by atoms with Gasteiger partial charge in [0.25, 0.3) is 0 Å². The molecule has 1 heterocycles. The number of nitrogens with one attached hydrogen (secondary N) is 1. The Morgan fingerprint density at radius 2 is 2.00 bits per heavy atom. The Morgan fingerprint density at radius 3 is 2.71 bits per heavy atom. The highest BCUT2D eigenvalue weighted by Crippen LogP contribution is 2.27. The van der Waals surface area contributed by atoms with Crippen LogP contribution in [0.1, 0.15) is 37.1 Å². The first kappa shape index (κ1) is 17.2. The van der Waals surface area contributed by atoms with Gasteiger partial charge in [0.1, 0.15) is 5.01 Å². The second-order valence-corrected chi connectivity index (χ2v) is 7.71. The molecule has 0 spiro atoms. The van der Waals surface area contributed by atoms with Crippen LogP contribution in [0.5, 0.6) is 0 Å². The molecule has 2 aromatic rings. The average Bonchev–Trinajstić information content (AvgIpc) is 3.09. The zero-order chi connectivity index (χ0) is 16.8. The fraction of sp³-hybridized carbons (Fsp3) is 0.450. The van der Waals surface area contributed by atoms with E-state index in [1.54, 1.807) is 16.9 Å². The van der Waals surface area contributed by atoms with E-state index in [2.05, 4.69) is 59.6 Å². The Bertz CT molecular complexity index is 670. The lowest BCUT2D eigenvalue weighted by Gasteiger charge is -2.12. The lowest BCUT2D eigenvalue weighted by molar-refractivity contribution is 0.631. The monoisotopic (exact) mass is 341 g/mol. The molecule has 1 aromatic carbocycles. The predicted molar refractivity (Wildman–Crippen MR) is 105 cm³/mol. The summed E-state index contributed by atoms with van der Waals surface area (Å²) >= 11 is 1.78. The molecule has 1 aromatic heterocycles. The van der Waals surface area contributed by atoms with Crippen LogP contribution in [0.15, 0.2) is 42.1 Å². The Hall–Kier alpha value is -1.65. The lowest BCUT2D eigenvalue weighted by Crippen LogP contribution is -2.15. The quantitative estimate of drug-likeness (QED) is 0.576. The zero-order valence-electron chi connectivity index (χ0n) is 14.7. The summed E-state index contributed by atoms with van der Waals surface area (Å²) in [5.41, 5.74) is 4.11. The molecule has 0 aliphatic heterocycles. The molecule has 4 heteroatoms. The van der Waals surface area contributed by atoms with Crippen molar-refractivity contribution in [1.29, 1.82) is 0 Å². The highest BCUT2D eigenvalue weighted by molar-refractivity contribution is 7.15. The number of allylic oxidation sites excluding steroid dienone is 1. The predicted octanol–water partition coefficient (Wildman–Crippen LogP) is 4.86. The fourth-order valence-corrected chi connectivity index (χ4v) is 3.92. The molecule has 1 aliphatic rings. The van der Waals surface area contributed by atoms with Crippen molar-refractivity contribution in [2.24, 2.45) is 0 Å². The van der Waals surface area contributed by atoms with Crippen LogP contribution in [0.4, 0.5) is 5.69 Å². The standard InChI is InChI=1S/C20H27N3S/c1-23(2)18-10-8-17(9-11-18)19-14-22-20(24-19)15-21-13-12-16-6-4-3-5-7-16/h6,8-11,14,21H,3-5,7,12-13,15H2,1-2H3. The third-order valence-electron chi connectivity index (χ3n) is 4.51. The number of rotatable bonds is 7. The van der Waals surface area contributed by atoms with Gasteiger partial charge in [0.15, 0.2) is 0 Å². The van der Waals surface area contributed by atoms with Gasteiger partial charge in [-0.25, -0.2) is 4.98 Å².